The predicted octanol–water partition coefficient (Wildman–Crippen LogP) is -1.11. The molecule has 0 aromatic heterocycles. The van der Waals surface area contributed by atoms with Gasteiger partial charge in [0, 0.05) is 19.5 Å². The lowest BCUT2D eigenvalue weighted by atomic mass is 10.4. The van der Waals surface area contributed by atoms with Crippen LogP contribution >= 0.6 is 0 Å². The normalized spacial score (nSPS) is 8.71. The Labute approximate surface area is 83.6 Å². The van der Waals surface area contributed by atoms with Gasteiger partial charge in [-0.15, -0.1) is 0 Å². The zero-order valence-electron chi connectivity index (χ0n) is 8.45. The molecular formula is C8H19N3O3. The van der Waals surface area contributed by atoms with Crippen LogP contribution in [0.5, 0.6) is 0 Å². The zero-order valence-corrected chi connectivity index (χ0v) is 8.45. The number of carbonyl (C=O) groups is 2. The summed E-state index contributed by atoms with van der Waals surface area (Å²) >= 11 is 0. The van der Waals surface area contributed by atoms with Crippen LogP contribution in [0.3, 0.4) is 0 Å². The summed E-state index contributed by atoms with van der Waals surface area (Å²) in [6, 6.07) is 0. The average Bonchev–Trinajstić information content (AvgIpc) is 2.05. The van der Waals surface area contributed by atoms with E-state index in [0.717, 1.165) is 6.54 Å². The highest BCUT2D eigenvalue weighted by Crippen LogP contribution is 1.69. The van der Waals surface area contributed by atoms with Crippen molar-refractivity contribution < 1.29 is 14.7 Å². The molecule has 84 valence electrons. The first kappa shape index (κ1) is 15.3. The number of carboxylic acid groups (broad SMARTS) is 1. The van der Waals surface area contributed by atoms with Gasteiger partial charge in [-0.05, 0) is 6.54 Å². The van der Waals surface area contributed by atoms with Crippen LogP contribution in [-0.4, -0.2) is 36.6 Å². The fourth-order valence-corrected chi connectivity index (χ4v) is 0.512. The molecule has 6 nitrogen and oxygen atoms in total. The molecule has 0 atom stereocenters. The fraction of sp³-hybridized carbons (Fsp3) is 0.750. The topological polar surface area (TPSA) is 118 Å². The van der Waals surface area contributed by atoms with Gasteiger partial charge < -0.3 is 21.9 Å². The van der Waals surface area contributed by atoms with Crippen molar-refractivity contribution in [3.63, 3.8) is 0 Å². The van der Waals surface area contributed by atoms with Gasteiger partial charge in [-0.1, -0.05) is 6.92 Å². The molecule has 0 aliphatic rings. The number of hydrogen-bond acceptors (Lipinski definition) is 4. The summed E-state index contributed by atoms with van der Waals surface area (Å²) in [5.74, 6) is -1.08. The first-order valence-corrected chi connectivity index (χ1v) is 4.45. The van der Waals surface area contributed by atoms with Crippen molar-refractivity contribution in [3.05, 3.63) is 0 Å². The van der Waals surface area contributed by atoms with Gasteiger partial charge in [-0.3, -0.25) is 9.59 Å². The Balaban J connectivity index is 0. The minimum atomic E-state index is -0.836. The summed E-state index contributed by atoms with van der Waals surface area (Å²) < 4.78 is 0. The molecule has 0 aromatic rings. The molecular weight excluding hydrogens is 186 g/mol. The minimum Gasteiger partial charge on any atom is -0.481 e. The lowest BCUT2D eigenvalue weighted by Crippen LogP contribution is -2.21. The number of amides is 1. The molecule has 0 spiro atoms. The van der Waals surface area contributed by atoms with E-state index >= 15 is 0 Å². The van der Waals surface area contributed by atoms with E-state index in [1.54, 1.807) is 0 Å². The van der Waals surface area contributed by atoms with Gasteiger partial charge in [0.1, 0.15) is 0 Å². The first-order chi connectivity index (χ1) is 6.54. The molecule has 6 N–H and O–H groups in total. The molecule has 0 heterocycles. The van der Waals surface area contributed by atoms with Gasteiger partial charge in [0.15, 0.2) is 0 Å². The lowest BCUT2D eigenvalue weighted by molar-refractivity contribution is -0.136. The molecule has 6 heteroatoms. The Kier molecular flexibility index (Phi) is 13.0. The highest BCUT2D eigenvalue weighted by Gasteiger charge is 1.89. The van der Waals surface area contributed by atoms with E-state index in [9.17, 15) is 9.59 Å². The largest absolute Gasteiger partial charge is 0.481 e. The van der Waals surface area contributed by atoms with Crippen LogP contribution in [0.4, 0.5) is 0 Å². The zero-order chi connectivity index (χ0) is 11.4. The highest BCUT2D eigenvalue weighted by molar-refractivity contribution is 5.73. The Hall–Kier alpha value is -1.14. The molecule has 0 bridgehead atoms. The predicted molar refractivity (Wildman–Crippen MR) is 53.7 cm³/mol. The van der Waals surface area contributed by atoms with Crippen molar-refractivity contribution in [1.29, 1.82) is 0 Å². The van der Waals surface area contributed by atoms with Crippen LogP contribution in [0, 0.1) is 0 Å². The highest BCUT2D eigenvalue weighted by atomic mass is 16.4. The van der Waals surface area contributed by atoms with E-state index in [2.05, 4.69) is 5.32 Å². The van der Waals surface area contributed by atoms with Crippen molar-refractivity contribution in [2.45, 2.75) is 19.8 Å². The molecule has 0 aliphatic heterocycles. The molecule has 0 aromatic carbocycles. The van der Waals surface area contributed by atoms with Crippen LogP contribution in [-0.2, 0) is 9.59 Å². The summed E-state index contributed by atoms with van der Waals surface area (Å²) in [7, 11) is 0. The van der Waals surface area contributed by atoms with E-state index in [1.807, 2.05) is 6.92 Å². The number of rotatable bonds is 6. The second-order valence-electron chi connectivity index (χ2n) is 2.50. The van der Waals surface area contributed by atoms with Crippen molar-refractivity contribution in [1.82, 2.24) is 5.32 Å². The molecule has 0 saturated carbocycles. The fourth-order valence-electron chi connectivity index (χ4n) is 0.512. The standard InChI is InChI=1S/C5H12N2O.C3H7NO2/c1-2-7-4-3-5(6)8;4-2-1-3(5)6/h7H,2-4H2,1H3,(H2,6,8);1-2,4H2,(H,5,6). The van der Waals surface area contributed by atoms with Gasteiger partial charge in [-0.25, -0.2) is 0 Å². The van der Waals surface area contributed by atoms with Crippen molar-refractivity contribution >= 4 is 11.9 Å². The maximum absolute atomic E-state index is 10.1. The van der Waals surface area contributed by atoms with Gasteiger partial charge in [0.2, 0.25) is 5.91 Å². The Morgan fingerprint density at radius 2 is 1.93 bits per heavy atom. The summed E-state index contributed by atoms with van der Waals surface area (Å²) in [6.07, 6.45) is 0.508. The lowest BCUT2D eigenvalue weighted by Gasteiger charge is -1.94. The van der Waals surface area contributed by atoms with Gasteiger partial charge in [0.25, 0.3) is 0 Å². The third-order valence-corrected chi connectivity index (χ3v) is 1.16. The molecule has 0 unspecified atom stereocenters. The average molecular weight is 205 g/mol. The number of carboxylic acids is 1. The number of primary amides is 1. The van der Waals surface area contributed by atoms with Crippen molar-refractivity contribution in [2.24, 2.45) is 11.5 Å². The van der Waals surface area contributed by atoms with Crippen molar-refractivity contribution in [2.75, 3.05) is 19.6 Å². The van der Waals surface area contributed by atoms with E-state index in [4.69, 9.17) is 16.6 Å². The van der Waals surface area contributed by atoms with E-state index < -0.39 is 5.97 Å². The molecule has 0 aliphatic carbocycles. The number of nitrogens with one attached hydrogen (secondary N) is 1. The second kappa shape index (κ2) is 11.9. The summed E-state index contributed by atoms with van der Waals surface area (Å²) in [5.41, 5.74) is 9.70. The molecule has 14 heavy (non-hydrogen) atoms. The third-order valence-electron chi connectivity index (χ3n) is 1.16. The van der Waals surface area contributed by atoms with Gasteiger partial charge >= 0.3 is 5.97 Å². The van der Waals surface area contributed by atoms with Crippen molar-refractivity contribution in [3.8, 4) is 0 Å². The minimum absolute atomic E-state index is 0.0694. The van der Waals surface area contributed by atoms with Crippen LogP contribution in [0.2, 0.25) is 0 Å². The van der Waals surface area contributed by atoms with Crippen LogP contribution in [0.25, 0.3) is 0 Å². The summed E-state index contributed by atoms with van der Waals surface area (Å²) in [6.45, 7) is 3.81. The molecule has 0 fully saturated rings. The quantitative estimate of drug-likeness (QED) is 0.410. The smallest absolute Gasteiger partial charge is 0.304 e. The van der Waals surface area contributed by atoms with E-state index in [-0.39, 0.29) is 18.9 Å². The third kappa shape index (κ3) is 22.4. The summed E-state index contributed by atoms with van der Waals surface area (Å²) in [5, 5.41) is 10.8. The Morgan fingerprint density at radius 1 is 1.36 bits per heavy atom. The Bertz CT molecular complexity index is 162. The van der Waals surface area contributed by atoms with Crippen LogP contribution in [0.15, 0.2) is 0 Å². The summed E-state index contributed by atoms with van der Waals surface area (Å²) in [4.78, 5) is 19.6. The van der Waals surface area contributed by atoms with Crippen LogP contribution < -0.4 is 16.8 Å². The molecule has 0 radical (unpaired) electrons. The van der Waals surface area contributed by atoms with E-state index in [1.165, 1.54) is 0 Å². The van der Waals surface area contributed by atoms with Crippen LogP contribution in [0.1, 0.15) is 19.8 Å². The molecule has 1 amide bonds. The number of hydrogen-bond donors (Lipinski definition) is 4. The number of aliphatic carboxylic acids is 1. The maximum Gasteiger partial charge on any atom is 0.304 e. The molecule has 0 rings (SSSR count). The SMILES string of the molecule is CCNCCC(N)=O.NCCC(=O)O. The number of nitrogens with two attached hydrogens (primary N) is 2. The Morgan fingerprint density at radius 3 is 2.14 bits per heavy atom. The van der Waals surface area contributed by atoms with Gasteiger partial charge in [0.05, 0.1) is 6.42 Å². The van der Waals surface area contributed by atoms with Gasteiger partial charge in [-0.2, -0.15) is 0 Å². The maximum atomic E-state index is 10.1. The molecule has 0 saturated heterocycles. The number of carbonyl (C=O) groups excluding carboxylic acids is 1. The van der Waals surface area contributed by atoms with E-state index in [0.29, 0.717) is 13.0 Å². The second-order valence-corrected chi connectivity index (χ2v) is 2.50. The monoisotopic (exact) mass is 205 g/mol. The first-order valence-electron chi connectivity index (χ1n) is 4.45.